The SMILES string of the molecule is COc1ccc(C=C2C(=O)Nc3ccc(CCCl)cc32)cc1C. The van der Waals surface area contributed by atoms with Crippen molar-refractivity contribution in [2.75, 3.05) is 18.3 Å². The fourth-order valence-corrected chi connectivity index (χ4v) is 3.02. The topological polar surface area (TPSA) is 38.3 Å². The van der Waals surface area contributed by atoms with Crippen LogP contribution in [0.3, 0.4) is 0 Å². The van der Waals surface area contributed by atoms with Crippen LogP contribution in [-0.2, 0) is 11.2 Å². The lowest BCUT2D eigenvalue weighted by Crippen LogP contribution is -2.03. The predicted octanol–water partition coefficient (Wildman–Crippen LogP) is 4.28. The van der Waals surface area contributed by atoms with Crippen molar-refractivity contribution in [3.63, 3.8) is 0 Å². The number of aryl methyl sites for hydroxylation is 2. The second kappa shape index (κ2) is 6.47. The molecule has 118 valence electrons. The van der Waals surface area contributed by atoms with Gasteiger partial charge in [-0.1, -0.05) is 12.1 Å². The zero-order valence-corrected chi connectivity index (χ0v) is 13.9. The molecular weight excluding hydrogens is 310 g/mol. The van der Waals surface area contributed by atoms with Gasteiger partial charge in [0, 0.05) is 22.7 Å². The highest BCUT2D eigenvalue weighted by Gasteiger charge is 2.24. The number of rotatable bonds is 4. The summed E-state index contributed by atoms with van der Waals surface area (Å²) in [6.07, 6.45) is 2.70. The minimum atomic E-state index is -0.0727. The predicted molar refractivity (Wildman–Crippen MR) is 95.1 cm³/mol. The van der Waals surface area contributed by atoms with Crippen LogP contribution in [0.5, 0.6) is 5.75 Å². The molecule has 2 aromatic rings. The number of hydrogen-bond donors (Lipinski definition) is 1. The molecule has 23 heavy (non-hydrogen) atoms. The van der Waals surface area contributed by atoms with Crippen LogP contribution in [-0.4, -0.2) is 18.9 Å². The van der Waals surface area contributed by atoms with Gasteiger partial charge in [0.25, 0.3) is 5.91 Å². The minimum Gasteiger partial charge on any atom is -0.496 e. The van der Waals surface area contributed by atoms with E-state index in [-0.39, 0.29) is 5.91 Å². The van der Waals surface area contributed by atoms with Crippen LogP contribution < -0.4 is 10.1 Å². The van der Waals surface area contributed by atoms with E-state index in [0.717, 1.165) is 40.1 Å². The molecule has 0 bridgehead atoms. The first kappa shape index (κ1) is 15.6. The van der Waals surface area contributed by atoms with Crippen molar-refractivity contribution >= 4 is 34.8 Å². The number of benzene rings is 2. The van der Waals surface area contributed by atoms with Crippen LogP contribution in [0.1, 0.15) is 22.3 Å². The molecule has 3 nitrogen and oxygen atoms in total. The second-order valence-electron chi connectivity index (χ2n) is 5.56. The molecule has 1 heterocycles. The average Bonchev–Trinajstić information content (AvgIpc) is 2.84. The van der Waals surface area contributed by atoms with Crippen LogP contribution in [0.2, 0.25) is 0 Å². The van der Waals surface area contributed by atoms with E-state index in [9.17, 15) is 4.79 Å². The third kappa shape index (κ3) is 3.10. The largest absolute Gasteiger partial charge is 0.496 e. The maximum absolute atomic E-state index is 12.3. The Labute approximate surface area is 140 Å². The Morgan fingerprint density at radius 1 is 1.22 bits per heavy atom. The number of amides is 1. The zero-order chi connectivity index (χ0) is 16.4. The molecule has 1 aliphatic heterocycles. The third-order valence-electron chi connectivity index (χ3n) is 3.98. The summed E-state index contributed by atoms with van der Waals surface area (Å²) in [7, 11) is 1.65. The van der Waals surface area contributed by atoms with Gasteiger partial charge in [-0.25, -0.2) is 0 Å². The smallest absolute Gasteiger partial charge is 0.256 e. The van der Waals surface area contributed by atoms with Gasteiger partial charge in [0.2, 0.25) is 0 Å². The van der Waals surface area contributed by atoms with Gasteiger partial charge >= 0.3 is 0 Å². The highest BCUT2D eigenvalue weighted by molar-refractivity contribution is 6.35. The molecule has 2 aromatic carbocycles. The summed E-state index contributed by atoms with van der Waals surface area (Å²) in [5.74, 6) is 1.33. The van der Waals surface area contributed by atoms with E-state index in [4.69, 9.17) is 16.3 Å². The lowest BCUT2D eigenvalue weighted by molar-refractivity contribution is -0.110. The molecule has 0 unspecified atom stereocenters. The first-order chi connectivity index (χ1) is 11.1. The highest BCUT2D eigenvalue weighted by Crippen LogP contribution is 2.34. The minimum absolute atomic E-state index is 0.0727. The van der Waals surface area contributed by atoms with Crippen LogP contribution >= 0.6 is 11.6 Å². The molecule has 0 fully saturated rings. The van der Waals surface area contributed by atoms with Crippen LogP contribution in [0, 0.1) is 6.92 Å². The summed E-state index contributed by atoms with van der Waals surface area (Å²) in [6.45, 7) is 1.99. The summed E-state index contributed by atoms with van der Waals surface area (Å²) in [5.41, 5.74) is 5.62. The van der Waals surface area contributed by atoms with Gasteiger partial charge in [0.15, 0.2) is 0 Å². The number of anilines is 1. The molecule has 0 aromatic heterocycles. The number of hydrogen-bond acceptors (Lipinski definition) is 2. The Morgan fingerprint density at radius 2 is 2.04 bits per heavy atom. The number of halogens is 1. The van der Waals surface area contributed by atoms with Crippen LogP contribution in [0.15, 0.2) is 36.4 Å². The Kier molecular flexibility index (Phi) is 4.39. The lowest BCUT2D eigenvalue weighted by Gasteiger charge is -2.06. The normalized spacial score (nSPS) is 14.7. The fourth-order valence-electron chi connectivity index (χ4n) is 2.80. The van der Waals surface area contributed by atoms with E-state index >= 15 is 0 Å². The Hall–Kier alpha value is -2.26. The van der Waals surface area contributed by atoms with Crippen molar-refractivity contribution in [2.45, 2.75) is 13.3 Å². The Bertz CT molecular complexity index is 796. The number of alkyl halides is 1. The number of carbonyl (C=O) groups is 1. The summed E-state index contributed by atoms with van der Waals surface area (Å²) in [4.78, 5) is 12.3. The van der Waals surface area contributed by atoms with E-state index in [1.165, 1.54) is 0 Å². The van der Waals surface area contributed by atoms with Gasteiger partial charge in [0.05, 0.1) is 7.11 Å². The average molecular weight is 328 g/mol. The number of fused-ring (bicyclic) bond motifs is 1. The van der Waals surface area contributed by atoms with E-state index in [1.54, 1.807) is 7.11 Å². The zero-order valence-electron chi connectivity index (χ0n) is 13.2. The maximum Gasteiger partial charge on any atom is 0.256 e. The molecule has 0 saturated carbocycles. The highest BCUT2D eigenvalue weighted by atomic mass is 35.5. The van der Waals surface area contributed by atoms with E-state index < -0.39 is 0 Å². The van der Waals surface area contributed by atoms with E-state index in [1.807, 2.05) is 49.4 Å². The molecule has 4 heteroatoms. The van der Waals surface area contributed by atoms with E-state index in [2.05, 4.69) is 5.32 Å². The van der Waals surface area contributed by atoms with Gasteiger partial charge in [-0.15, -0.1) is 11.6 Å². The fraction of sp³-hybridized carbons (Fsp3) is 0.211. The molecule has 0 aliphatic carbocycles. The maximum atomic E-state index is 12.3. The lowest BCUT2D eigenvalue weighted by atomic mass is 10.00. The van der Waals surface area contributed by atoms with Gasteiger partial charge in [-0.05, 0) is 60.4 Å². The monoisotopic (exact) mass is 327 g/mol. The van der Waals surface area contributed by atoms with Crippen molar-refractivity contribution in [1.82, 2.24) is 0 Å². The third-order valence-corrected chi connectivity index (χ3v) is 4.17. The molecule has 0 atom stereocenters. The Morgan fingerprint density at radius 3 is 2.74 bits per heavy atom. The van der Waals surface area contributed by atoms with Gasteiger partial charge in [0.1, 0.15) is 5.75 Å². The van der Waals surface area contributed by atoms with Crippen molar-refractivity contribution < 1.29 is 9.53 Å². The van der Waals surface area contributed by atoms with Crippen LogP contribution in [0.25, 0.3) is 11.6 Å². The second-order valence-corrected chi connectivity index (χ2v) is 5.94. The molecule has 1 amide bonds. The summed E-state index contributed by atoms with van der Waals surface area (Å²) >= 11 is 5.82. The summed E-state index contributed by atoms with van der Waals surface area (Å²) in [5, 5.41) is 2.91. The first-order valence-corrected chi connectivity index (χ1v) is 8.03. The van der Waals surface area contributed by atoms with Crippen molar-refractivity contribution in [3.8, 4) is 5.75 Å². The van der Waals surface area contributed by atoms with Gasteiger partial charge < -0.3 is 10.1 Å². The number of ether oxygens (including phenoxy) is 1. The molecule has 0 spiro atoms. The summed E-state index contributed by atoms with van der Waals surface area (Å²) in [6, 6.07) is 11.9. The number of methoxy groups -OCH3 is 1. The molecule has 3 rings (SSSR count). The van der Waals surface area contributed by atoms with E-state index in [0.29, 0.717) is 11.5 Å². The Balaban J connectivity index is 2.02. The number of carbonyl (C=O) groups excluding carboxylic acids is 1. The van der Waals surface area contributed by atoms with Gasteiger partial charge in [-0.2, -0.15) is 0 Å². The van der Waals surface area contributed by atoms with Crippen molar-refractivity contribution in [2.24, 2.45) is 0 Å². The van der Waals surface area contributed by atoms with Gasteiger partial charge in [-0.3, -0.25) is 4.79 Å². The van der Waals surface area contributed by atoms with Crippen molar-refractivity contribution in [3.05, 3.63) is 58.7 Å². The molecule has 0 saturated heterocycles. The summed E-state index contributed by atoms with van der Waals surface area (Å²) < 4.78 is 5.28. The standard InChI is InChI=1S/C19H18ClNO2/c1-12-9-14(4-6-18(12)23-2)11-16-15-10-13(7-8-20)3-5-17(15)21-19(16)22/h3-6,9-11H,7-8H2,1-2H3,(H,21,22). The molecule has 1 N–H and O–H groups in total. The number of nitrogens with one attached hydrogen (secondary N) is 1. The molecule has 1 aliphatic rings. The first-order valence-electron chi connectivity index (χ1n) is 7.49. The molecular formula is C19H18ClNO2. The quantitative estimate of drug-likeness (QED) is 0.672. The van der Waals surface area contributed by atoms with Crippen molar-refractivity contribution in [1.29, 1.82) is 0 Å². The molecule has 0 radical (unpaired) electrons. The van der Waals surface area contributed by atoms with Crippen LogP contribution in [0.4, 0.5) is 5.69 Å².